The highest BCUT2D eigenvalue weighted by molar-refractivity contribution is 6.30. The Morgan fingerprint density at radius 2 is 1.53 bits per heavy atom. The second-order valence-corrected chi connectivity index (χ2v) is 8.06. The highest BCUT2D eigenvalue weighted by Crippen LogP contribution is 2.18. The molecule has 2 amide bonds. The first-order valence-electron chi connectivity index (χ1n) is 10.1. The fraction of sp³-hybridized carbons (Fsp3) is 0.391. The highest BCUT2D eigenvalue weighted by Gasteiger charge is 2.26. The molecular formula is C23H28ClN3O3. The number of benzene rings is 2. The van der Waals surface area contributed by atoms with Crippen LogP contribution in [0.4, 0.5) is 5.69 Å². The van der Waals surface area contributed by atoms with Crippen LogP contribution in [0.2, 0.25) is 5.02 Å². The monoisotopic (exact) mass is 429 g/mol. The Morgan fingerprint density at radius 3 is 2.17 bits per heavy atom. The predicted molar refractivity (Wildman–Crippen MR) is 119 cm³/mol. The van der Waals surface area contributed by atoms with Gasteiger partial charge in [0.05, 0.1) is 0 Å². The summed E-state index contributed by atoms with van der Waals surface area (Å²) in [6.07, 6.45) is 0.132. The van der Waals surface area contributed by atoms with Crippen molar-refractivity contribution in [3.63, 3.8) is 0 Å². The molecule has 1 aliphatic rings. The van der Waals surface area contributed by atoms with Crippen LogP contribution in [-0.2, 0) is 4.79 Å². The fourth-order valence-corrected chi connectivity index (χ4v) is 3.58. The molecule has 0 aromatic heterocycles. The van der Waals surface area contributed by atoms with E-state index in [4.69, 9.17) is 16.3 Å². The largest absolute Gasteiger partial charge is 0.481 e. The Balaban J connectivity index is 1.57. The van der Waals surface area contributed by atoms with Gasteiger partial charge in [0.25, 0.3) is 11.8 Å². The van der Waals surface area contributed by atoms with Gasteiger partial charge in [0.1, 0.15) is 5.75 Å². The molecule has 0 spiro atoms. The van der Waals surface area contributed by atoms with Gasteiger partial charge >= 0.3 is 0 Å². The number of carbonyl (C=O) groups excluding carboxylic acids is 2. The van der Waals surface area contributed by atoms with E-state index < -0.39 is 6.10 Å². The highest BCUT2D eigenvalue weighted by atomic mass is 35.5. The summed E-state index contributed by atoms with van der Waals surface area (Å²) in [5, 5.41) is 0.620. The number of ether oxygens (including phenoxy) is 1. The summed E-state index contributed by atoms with van der Waals surface area (Å²) in [7, 11) is 3.93. The summed E-state index contributed by atoms with van der Waals surface area (Å²) in [6, 6.07) is 14.5. The number of hydrogen-bond acceptors (Lipinski definition) is 4. The molecule has 0 bridgehead atoms. The van der Waals surface area contributed by atoms with E-state index in [9.17, 15) is 9.59 Å². The quantitative estimate of drug-likeness (QED) is 0.729. The molecular weight excluding hydrogens is 402 g/mol. The van der Waals surface area contributed by atoms with Crippen molar-refractivity contribution in [2.24, 2.45) is 0 Å². The van der Waals surface area contributed by atoms with Crippen LogP contribution < -0.4 is 9.64 Å². The number of hydrogen-bond donors (Lipinski definition) is 0. The maximum atomic E-state index is 12.9. The number of nitrogens with zero attached hydrogens (tertiary/aromatic N) is 3. The van der Waals surface area contributed by atoms with E-state index in [1.165, 1.54) is 0 Å². The van der Waals surface area contributed by atoms with E-state index in [-0.39, 0.29) is 11.8 Å². The second-order valence-electron chi connectivity index (χ2n) is 7.63. The van der Waals surface area contributed by atoms with Crippen LogP contribution in [0.3, 0.4) is 0 Å². The first kappa shape index (κ1) is 22.0. The van der Waals surface area contributed by atoms with Gasteiger partial charge in [-0.2, -0.15) is 0 Å². The first-order chi connectivity index (χ1) is 14.3. The van der Waals surface area contributed by atoms with E-state index in [2.05, 4.69) is 0 Å². The molecule has 1 heterocycles. The zero-order chi connectivity index (χ0) is 21.7. The lowest BCUT2D eigenvalue weighted by Crippen LogP contribution is -2.43. The van der Waals surface area contributed by atoms with E-state index in [1.807, 2.05) is 48.2 Å². The second kappa shape index (κ2) is 9.85. The van der Waals surface area contributed by atoms with Crippen LogP contribution in [0, 0.1) is 0 Å². The van der Waals surface area contributed by atoms with Crippen molar-refractivity contribution >= 4 is 29.1 Å². The van der Waals surface area contributed by atoms with Gasteiger partial charge in [0.15, 0.2) is 6.10 Å². The van der Waals surface area contributed by atoms with Gasteiger partial charge in [-0.25, -0.2) is 0 Å². The van der Waals surface area contributed by atoms with Gasteiger partial charge < -0.3 is 19.4 Å². The molecule has 0 aliphatic carbocycles. The predicted octanol–water partition coefficient (Wildman–Crippen LogP) is 3.55. The molecule has 2 aromatic rings. The third kappa shape index (κ3) is 5.45. The van der Waals surface area contributed by atoms with Crippen LogP contribution in [-0.4, -0.2) is 68.0 Å². The summed E-state index contributed by atoms with van der Waals surface area (Å²) in [5.74, 6) is 0.530. The average Bonchev–Trinajstić information content (AvgIpc) is 3.00. The Labute approximate surface area is 183 Å². The molecule has 2 aromatic carbocycles. The molecule has 30 heavy (non-hydrogen) atoms. The molecule has 1 saturated heterocycles. The lowest BCUT2D eigenvalue weighted by molar-refractivity contribution is -0.137. The first-order valence-corrected chi connectivity index (χ1v) is 10.5. The standard InChI is InChI=1S/C23H28ClN3O3/c1-17(30-21-11-7-19(24)8-12-21)22(28)26-13-4-14-27(16-15-26)23(29)18-5-9-20(10-6-18)25(2)3/h5-12,17H,4,13-16H2,1-3H3. The van der Waals surface area contributed by atoms with Crippen LogP contribution >= 0.6 is 11.6 Å². The SMILES string of the molecule is CC(Oc1ccc(Cl)cc1)C(=O)N1CCCN(C(=O)c2ccc(N(C)C)cc2)CC1. The van der Waals surface area contributed by atoms with Crippen molar-refractivity contribution in [2.75, 3.05) is 45.2 Å². The molecule has 0 saturated carbocycles. The van der Waals surface area contributed by atoms with Crippen molar-refractivity contribution in [3.05, 3.63) is 59.1 Å². The molecule has 1 atom stereocenters. The number of amides is 2. The zero-order valence-corrected chi connectivity index (χ0v) is 18.4. The molecule has 7 heteroatoms. The van der Waals surface area contributed by atoms with Crippen molar-refractivity contribution in [2.45, 2.75) is 19.4 Å². The van der Waals surface area contributed by atoms with Crippen molar-refractivity contribution in [1.29, 1.82) is 0 Å². The minimum Gasteiger partial charge on any atom is -0.481 e. The minimum atomic E-state index is -0.605. The van der Waals surface area contributed by atoms with Gasteiger partial charge in [0, 0.05) is 56.5 Å². The fourth-order valence-electron chi connectivity index (χ4n) is 3.45. The lowest BCUT2D eigenvalue weighted by Gasteiger charge is -2.25. The summed E-state index contributed by atoms with van der Waals surface area (Å²) >= 11 is 5.89. The average molecular weight is 430 g/mol. The maximum Gasteiger partial charge on any atom is 0.263 e. The van der Waals surface area contributed by atoms with E-state index in [0.717, 1.165) is 12.1 Å². The lowest BCUT2D eigenvalue weighted by atomic mass is 10.1. The molecule has 160 valence electrons. The van der Waals surface area contributed by atoms with E-state index >= 15 is 0 Å². The van der Waals surface area contributed by atoms with Gasteiger partial charge in [-0.05, 0) is 61.9 Å². The third-order valence-electron chi connectivity index (χ3n) is 5.20. The number of anilines is 1. The topological polar surface area (TPSA) is 53.1 Å². The summed E-state index contributed by atoms with van der Waals surface area (Å²) in [4.78, 5) is 31.3. The Kier molecular flexibility index (Phi) is 7.21. The van der Waals surface area contributed by atoms with Crippen LogP contribution in [0.5, 0.6) is 5.75 Å². The van der Waals surface area contributed by atoms with Crippen molar-refractivity contribution < 1.29 is 14.3 Å². The zero-order valence-electron chi connectivity index (χ0n) is 17.7. The summed E-state index contributed by atoms with van der Waals surface area (Å²) in [6.45, 7) is 3.99. The smallest absolute Gasteiger partial charge is 0.263 e. The third-order valence-corrected chi connectivity index (χ3v) is 5.45. The molecule has 3 rings (SSSR count). The minimum absolute atomic E-state index is 0.0000628. The molecule has 1 unspecified atom stereocenters. The normalized spacial score (nSPS) is 15.3. The van der Waals surface area contributed by atoms with Crippen molar-refractivity contribution in [3.8, 4) is 5.75 Å². The summed E-state index contributed by atoms with van der Waals surface area (Å²) < 4.78 is 5.76. The molecule has 0 radical (unpaired) electrons. The Bertz CT molecular complexity index is 868. The van der Waals surface area contributed by atoms with Gasteiger partial charge in [0.2, 0.25) is 0 Å². The number of carbonyl (C=O) groups is 2. The molecule has 0 N–H and O–H groups in total. The Hall–Kier alpha value is -2.73. The molecule has 1 fully saturated rings. The number of rotatable bonds is 5. The van der Waals surface area contributed by atoms with Crippen molar-refractivity contribution in [1.82, 2.24) is 9.80 Å². The summed E-state index contributed by atoms with van der Waals surface area (Å²) in [5.41, 5.74) is 1.72. The molecule has 1 aliphatic heterocycles. The van der Waals surface area contributed by atoms with Crippen LogP contribution in [0.1, 0.15) is 23.7 Å². The van der Waals surface area contributed by atoms with Crippen LogP contribution in [0.15, 0.2) is 48.5 Å². The van der Waals surface area contributed by atoms with Gasteiger partial charge in [-0.15, -0.1) is 0 Å². The number of halogens is 1. The van der Waals surface area contributed by atoms with Gasteiger partial charge in [-0.1, -0.05) is 11.6 Å². The molecule has 6 nitrogen and oxygen atoms in total. The Morgan fingerprint density at radius 1 is 0.933 bits per heavy atom. The van der Waals surface area contributed by atoms with Gasteiger partial charge in [-0.3, -0.25) is 9.59 Å². The van der Waals surface area contributed by atoms with E-state index in [1.54, 1.807) is 36.1 Å². The maximum absolute atomic E-state index is 12.9. The van der Waals surface area contributed by atoms with Crippen LogP contribution in [0.25, 0.3) is 0 Å². The van der Waals surface area contributed by atoms with E-state index in [0.29, 0.717) is 42.5 Å².